The summed E-state index contributed by atoms with van der Waals surface area (Å²) in [6.45, 7) is 4.28. The Balaban J connectivity index is 0.00000231. The summed E-state index contributed by atoms with van der Waals surface area (Å²) in [5.74, 6) is 0.648. The van der Waals surface area contributed by atoms with Gasteiger partial charge in [-0.15, -0.1) is 35.9 Å². The van der Waals surface area contributed by atoms with E-state index in [1.165, 1.54) is 0 Å². The number of fused-ring (bicyclic) bond motifs is 1. The Hall–Kier alpha value is -3.10. The van der Waals surface area contributed by atoms with Crippen molar-refractivity contribution in [2.75, 3.05) is 0 Å². The smallest absolute Gasteiger partial charge is 0.434 e. The molecule has 0 atom stereocenters. The molecule has 0 N–H and O–H groups in total. The second-order valence-electron chi connectivity index (χ2n) is 7.75. The van der Waals surface area contributed by atoms with Crippen molar-refractivity contribution in [3.8, 4) is 22.8 Å². The van der Waals surface area contributed by atoms with Gasteiger partial charge in [0.2, 0.25) is 0 Å². The summed E-state index contributed by atoms with van der Waals surface area (Å²) >= 11 is 0. The minimum Gasteiger partial charge on any atom is -0.434 e. The van der Waals surface area contributed by atoms with E-state index in [9.17, 15) is 0 Å². The van der Waals surface area contributed by atoms with Crippen LogP contribution in [-0.4, -0.2) is 15.0 Å². The first-order valence-electron chi connectivity index (χ1n) is 9.93. The molecule has 0 aliphatic carbocycles. The molecule has 154 valence electrons. The van der Waals surface area contributed by atoms with E-state index in [0.717, 1.165) is 39.4 Å². The maximum absolute atomic E-state index is 4.93. The van der Waals surface area contributed by atoms with Crippen LogP contribution in [0.5, 0.6) is 0 Å². The third-order valence-electron chi connectivity index (χ3n) is 5.33. The van der Waals surface area contributed by atoms with Gasteiger partial charge in [0.1, 0.15) is 0 Å². The fourth-order valence-electron chi connectivity index (χ4n) is 3.54. The molecule has 0 fully saturated rings. The van der Waals surface area contributed by atoms with Crippen LogP contribution in [0.3, 0.4) is 0 Å². The molecule has 0 aliphatic rings. The van der Waals surface area contributed by atoms with E-state index >= 15 is 0 Å². The molecule has 0 radical (unpaired) electrons. The van der Waals surface area contributed by atoms with E-state index in [1.54, 1.807) is 0 Å². The normalized spacial score (nSPS) is 11.3. The van der Waals surface area contributed by atoms with Crippen LogP contribution >= 0.6 is 0 Å². The van der Waals surface area contributed by atoms with Gasteiger partial charge in [-0.1, -0.05) is 42.5 Å². The first-order valence-corrected chi connectivity index (χ1v) is 9.93. The number of hydrogen-bond donors (Lipinski definition) is 0. The number of rotatable bonds is 4. The molecule has 0 aliphatic heterocycles. The van der Waals surface area contributed by atoms with E-state index in [0.29, 0.717) is 5.82 Å². The molecule has 31 heavy (non-hydrogen) atoms. The molecule has 5 rings (SSSR count). The molecule has 0 saturated carbocycles. The molecule has 4 nitrogen and oxygen atoms in total. The van der Waals surface area contributed by atoms with Gasteiger partial charge in [0.15, 0.2) is 0 Å². The molecule has 0 saturated heterocycles. The third kappa shape index (κ3) is 4.08. The minimum atomic E-state index is -0.382. The van der Waals surface area contributed by atoms with Crippen molar-refractivity contribution in [1.29, 1.82) is 0 Å². The van der Waals surface area contributed by atoms with Gasteiger partial charge in [-0.05, 0) is 54.6 Å². The number of benzene rings is 2. The number of hydrogen-bond acceptors (Lipinski definition) is 3. The van der Waals surface area contributed by atoms with Crippen molar-refractivity contribution in [3.63, 3.8) is 0 Å². The number of imidazole rings is 1. The van der Waals surface area contributed by atoms with Gasteiger partial charge in [0, 0.05) is 11.1 Å². The van der Waals surface area contributed by atoms with E-state index in [1.807, 2.05) is 84.9 Å². The van der Waals surface area contributed by atoms with Crippen LogP contribution in [0, 0.1) is 6.07 Å². The van der Waals surface area contributed by atoms with E-state index < -0.39 is 0 Å². The van der Waals surface area contributed by atoms with Gasteiger partial charge in [0.25, 0.3) is 0 Å². The average Bonchev–Trinajstić information content (AvgIpc) is 3.24. The second-order valence-corrected chi connectivity index (χ2v) is 7.75. The van der Waals surface area contributed by atoms with Gasteiger partial charge < -0.3 is 15.0 Å². The van der Waals surface area contributed by atoms with Crippen LogP contribution < -0.4 is 4.98 Å². The van der Waals surface area contributed by atoms with Crippen LogP contribution in [0.1, 0.15) is 25.2 Å². The van der Waals surface area contributed by atoms with Gasteiger partial charge in [-0.2, -0.15) is 0 Å². The molecule has 0 bridgehead atoms. The Kier molecular flexibility index (Phi) is 5.84. The largest absolute Gasteiger partial charge is 2.00 e. The summed E-state index contributed by atoms with van der Waals surface area (Å²) in [5.41, 5.74) is 5.92. The number of aromatic nitrogens is 4. The summed E-state index contributed by atoms with van der Waals surface area (Å²) in [5, 5.41) is 0. The Morgan fingerprint density at radius 2 is 1.39 bits per heavy atom. The van der Waals surface area contributed by atoms with Crippen molar-refractivity contribution < 1.29 is 21.1 Å². The topological polar surface area (TPSA) is 52.8 Å². The van der Waals surface area contributed by atoms with Crippen molar-refractivity contribution in [3.05, 3.63) is 102 Å². The molecular formula is C26H20N4Pt. The SMILES string of the molecule is CC(C)(c1cccc(-c2[c-]cccc2)n1)c1cccc(-c2nc3ccccc3[n-]2)n1.[Pt+2]. The van der Waals surface area contributed by atoms with Crippen LogP contribution in [0.4, 0.5) is 0 Å². The Morgan fingerprint density at radius 3 is 2.10 bits per heavy atom. The summed E-state index contributed by atoms with van der Waals surface area (Å²) in [4.78, 5) is 19.1. The van der Waals surface area contributed by atoms with Crippen LogP contribution in [0.25, 0.3) is 33.8 Å². The molecule has 5 heteroatoms. The van der Waals surface area contributed by atoms with Crippen molar-refractivity contribution in [1.82, 2.24) is 19.9 Å². The average molecular weight is 584 g/mol. The zero-order valence-electron chi connectivity index (χ0n) is 17.2. The fourth-order valence-corrected chi connectivity index (χ4v) is 3.54. The Bertz CT molecular complexity index is 1290. The molecule has 5 aromatic rings. The maximum Gasteiger partial charge on any atom is 2.00 e. The van der Waals surface area contributed by atoms with Crippen LogP contribution in [0.15, 0.2) is 84.9 Å². The van der Waals surface area contributed by atoms with E-state index in [2.05, 4.69) is 29.9 Å². The summed E-state index contributed by atoms with van der Waals surface area (Å²) in [7, 11) is 0. The Morgan fingerprint density at radius 1 is 0.710 bits per heavy atom. The number of nitrogens with zero attached hydrogens (tertiary/aromatic N) is 4. The van der Waals surface area contributed by atoms with Crippen molar-refractivity contribution in [2.45, 2.75) is 19.3 Å². The van der Waals surface area contributed by atoms with Gasteiger partial charge in [-0.25, -0.2) is 0 Å². The Labute approximate surface area is 196 Å². The molecule has 0 amide bonds. The van der Waals surface area contributed by atoms with Gasteiger partial charge in [0.05, 0.1) is 11.4 Å². The summed E-state index contributed by atoms with van der Waals surface area (Å²) in [6, 6.07) is 31.1. The first-order chi connectivity index (χ1) is 14.6. The zero-order valence-corrected chi connectivity index (χ0v) is 19.5. The summed E-state index contributed by atoms with van der Waals surface area (Å²) in [6.07, 6.45) is 0. The monoisotopic (exact) mass is 583 g/mol. The fraction of sp³-hybridized carbons (Fsp3) is 0.115. The number of para-hydroxylation sites is 2. The molecule has 3 aromatic heterocycles. The van der Waals surface area contributed by atoms with Gasteiger partial charge in [-0.3, -0.25) is 4.98 Å². The molecule has 0 unspecified atom stereocenters. The third-order valence-corrected chi connectivity index (χ3v) is 5.33. The standard InChI is InChI=1S/C26H20N4.Pt/c1-26(2,23-16-8-14-19(27-23)18-10-4-3-5-11-18)24-17-9-15-22(28-24)25-29-20-12-6-7-13-21(20)30-25;/h3-10,12-17H,1-2H3;/q-2;+2. The zero-order chi connectivity index (χ0) is 20.6. The molecule has 2 aromatic carbocycles. The van der Waals surface area contributed by atoms with Gasteiger partial charge >= 0.3 is 21.1 Å². The van der Waals surface area contributed by atoms with E-state index in [4.69, 9.17) is 9.97 Å². The maximum atomic E-state index is 4.93. The quantitative estimate of drug-likeness (QED) is 0.265. The first kappa shape index (κ1) is 21.1. The second kappa shape index (κ2) is 8.56. The predicted octanol–water partition coefficient (Wildman–Crippen LogP) is 5.44. The van der Waals surface area contributed by atoms with Crippen molar-refractivity contribution >= 4 is 11.0 Å². The molecule has 0 spiro atoms. The number of pyridine rings is 2. The molecular weight excluding hydrogens is 563 g/mol. The van der Waals surface area contributed by atoms with Crippen LogP contribution in [-0.2, 0) is 26.5 Å². The summed E-state index contributed by atoms with van der Waals surface area (Å²) < 4.78 is 0. The van der Waals surface area contributed by atoms with Crippen molar-refractivity contribution in [2.24, 2.45) is 0 Å². The predicted molar refractivity (Wildman–Crippen MR) is 119 cm³/mol. The molecule has 3 heterocycles. The van der Waals surface area contributed by atoms with Crippen LogP contribution in [0.2, 0.25) is 0 Å². The minimum absolute atomic E-state index is 0. The van der Waals surface area contributed by atoms with E-state index in [-0.39, 0.29) is 26.5 Å².